The molecule has 1 aliphatic heterocycles. The highest BCUT2D eigenvalue weighted by molar-refractivity contribution is 7.89. The summed E-state index contributed by atoms with van der Waals surface area (Å²) in [6, 6.07) is 10.9. The highest BCUT2D eigenvalue weighted by atomic mass is 32.2. The molecule has 0 saturated carbocycles. The van der Waals surface area contributed by atoms with Crippen molar-refractivity contribution in [3.05, 3.63) is 54.0 Å². The second-order valence-electron chi connectivity index (χ2n) is 5.88. The summed E-state index contributed by atoms with van der Waals surface area (Å²) >= 11 is 0. The summed E-state index contributed by atoms with van der Waals surface area (Å²) in [4.78, 5) is 0.373. The van der Waals surface area contributed by atoms with Crippen molar-refractivity contribution in [3.63, 3.8) is 0 Å². The Labute approximate surface area is 131 Å². The molecule has 1 aromatic carbocycles. The number of hydrogen-bond acceptors (Lipinski definition) is 3. The van der Waals surface area contributed by atoms with Gasteiger partial charge in [-0.15, -0.1) is 0 Å². The minimum Gasteiger partial charge on any atom is -0.469 e. The highest BCUT2D eigenvalue weighted by Gasteiger charge is 2.30. The van der Waals surface area contributed by atoms with Gasteiger partial charge >= 0.3 is 0 Å². The average molecular weight is 319 g/mol. The van der Waals surface area contributed by atoms with Crippen LogP contribution in [0.3, 0.4) is 0 Å². The van der Waals surface area contributed by atoms with Crippen molar-refractivity contribution in [2.24, 2.45) is 0 Å². The lowest BCUT2D eigenvalue weighted by Gasteiger charge is -2.23. The molecule has 0 amide bonds. The fraction of sp³-hybridized carbons (Fsp3) is 0.412. The average Bonchev–Trinajstić information content (AvgIpc) is 2.92. The Balaban J connectivity index is 1.87. The van der Waals surface area contributed by atoms with Gasteiger partial charge in [0.05, 0.1) is 11.2 Å². The lowest BCUT2D eigenvalue weighted by Crippen LogP contribution is -2.34. The molecular weight excluding hydrogens is 298 g/mol. The molecule has 0 N–H and O–H groups in total. The Kier molecular flexibility index (Phi) is 4.36. The molecule has 0 bridgehead atoms. The Morgan fingerprint density at radius 2 is 1.91 bits per heavy atom. The van der Waals surface area contributed by atoms with E-state index in [4.69, 9.17) is 4.42 Å². The Hall–Kier alpha value is -1.59. The van der Waals surface area contributed by atoms with E-state index in [9.17, 15) is 8.42 Å². The first kappa shape index (κ1) is 15.3. The maximum atomic E-state index is 12.9. The van der Waals surface area contributed by atoms with Gasteiger partial charge in [-0.1, -0.05) is 24.1 Å². The van der Waals surface area contributed by atoms with Crippen LogP contribution in [0.5, 0.6) is 0 Å². The molecule has 1 fully saturated rings. The van der Waals surface area contributed by atoms with E-state index in [0.29, 0.717) is 18.0 Å². The van der Waals surface area contributed by atoms with E-state index in [1.54, 1.807) is 22.7 Å². The van der Waals surface area contributed by atoms with Crippen LogP contribution in [0, 0.1) is 6.92 Å². The monoisotopic (exact) mass is 319 g/mol. The van der Waals surface area contributed by atoms with Gasteiger partial charge in [0.1, 0.15) is 5.76 Å². The number of nitrogens with zero attached hydrogens (tertiary/aromatic N) is 1. The van der Waals surface area contributed by atoms with Crippen LogP contribution in [0.2, 0.25) is 0 Å². The van der Waals surface area contributed by atoms with Crippen LogP contribution < -0.4 is 0 Å². The minimum atomic E-state index is -3.43. The zero-order chi connectivity index (χ0) is 15.6. The first-order chi connectivity index (χ1) is 10.6. The highest BCUT2D eigenvalue weighted by Crippen LogP contribution is 2.29. The molecule has 5 heteroatoms. The zero-order valence-electron chi connectivity index (χ0n) is 12.7. The van der Waals surface area contributed by atoms with Gasteiger partial charge in [0, 0.05) is 19.0 Å². The quantitative estimate of drug-likeness (QED) is 0.869. The molecule has 0 aliphatic carbocycles. The van der Waals surface area contributed by atoms with Crippen LogP contribution in [0.4, 0.5) is 0 Å². The molecule has 1 atom stereocenters. The third kappa shape index (κ3) is 3.10. The molecule has 3 rings (SSSR count). The molecule has 22 heavy (non-hydrogen) atoms. The Bertz CT molecular complexity index is 705. The second kappa shape index (κ2) is 6.26. The first-order valence-corrected chi connectivity index (χ1v) is 9.11. The second-order valence-corrected chi connectivity index (χ2v) is 7.82. The normalized spacial score (nSPS) is 20.7. The topological polar surface area (TPSA) is 50.5 Å². The lowest BCUT2D eigenvalue weighted by atomic mass is 10.0. The van der Waals surface area contributed by atoms with Crippen molar-refractivity contribution in [3.8, 4) is 0 Å². The molecule has 1 unspecified atom stereocenters. The van der Waals surface area contributed by atoms with Gasteiger partial charge in [-0.3, -0.25) is 0 Å². The van der Waals surface area contributed by atoms with Gasteiger partial charge in [0.2, 0.25) is 10.0 Å². The Morgan fingerprint density at radius 1 is 1.14 bits per heavy atom. The summed E-state index contributed by atoms with van der Waals surface area (Å²) in [7, 11) is -3.43. The number of sulfonamides is 1. The number of furan rings is 1. The van der Waals surface area contributed by atoms with Gasteiger partial charge in [-0.25, -0.2) is 8.42 Å². The predicted molar refractivity (Wildman–Crippen MR) is 85.2 cm³/mol. The SMILES string of the molecule is Cc1ccc(S(=O)(=O)N2CCCCC(c3ccco3)C2)cc1. The summed E-state index contributed by atoms with van der Waals surface area (Å²) in [5, 5.41) is 0. The molecule has 2 heterocycles. The van der Waals surface area contributed by atoms with E-state index in [0.717, 1.165) is 30.6 Å². The summed E-state index contributed by atoms with van der Waals surface area (Å²) in [6.45, 7) is 3.02. The lowest BCUT2D eigenvalue weighted by molar-refractivity contribution is 0.374. The molecule has 1 aliphatic rings. The van der Waals surface area contributed by atoms with Gasteiger partial charge in [0.25, 0.3) is 0 Å². The predicted octanol–water partition coefficient (Wildman–Crippen LogP) is 3.55. The third-order valence-electron chi connectivity index (χ3n) is 4.24. The molecule has 118 valence electrons. The van der Waals surface area contributed by atoms with Crippen LogP contribution in [-0.4, -0.2) is 25.8 Å². The molecule has 4 nitrogen and oxygen atoms in total. The smallest absolute Gasteiger partial charge is 0.243 e. The maximum Gasteiger partial charge on any atom is 0.243 e. The number of hydrogen-bond donors (Lipinski definition) is 0. The number of benzene rings is 1. The van der Waals surface area contributed by atoms with Gasteiger partial charge < -0.3 is 4.42 Å². The zero-order valence-corrected chi connectivity index (χ0v) is 13.6. The summed E-state index contributed by atoms with van der Waals surface area (Å²) in [6.07, 6.45) is 4.53. The van der Waals surface area contributed by atoms with Crippen molar-refractivity contribution in [1.29, 1.82) is 0 Å². The fourth-order valence-corrected chi connectivity index (χ4v) is 4.46. The molecule has 0 radical (unpaired) electrons. The van der Waals surface area contributed by atoms with Crippen LogP contribution in [0.1, 0.15) is 36.5 Å². The van der Waals surface area contributed by atoms with Crippen LogP contribution >= 0.6 is 0 Å². The van der Waals surface area contributed by atoms with Crippen LogP contribution in [-0.2, 0) is 10.0 Å². The van der Waals surface area contributed by atoms with E-state index in [2.05, 4.69) is 0 Å². The van der Waals surface area contributed by atoms with E-state index in [-0.39, 0.29) is 5.92 Å². The maximum absolute atomic E-state index is 12.9. The largest absolute Gasteiger partial charge is 0.469 e. The van der Waals surface area contributed by atoms with E-state index < -0.39 is 10.0 Å². The summed E-state index contributed by atoms with van der Waals surface area (Å²) < 4.78 is 32.8. The van der Waals surface area contributed by atoms with E-state index in [1.165, 1.54) is 0 Å². The minimum absolute atomic E-state index is 0.137. The fourth-order valence-electron chi connectivity index (χ4n) is 2.94. The molecule has 1 aromatic heterocycles. The van der Waals surface area contributed by atoms with Crippen LogP contribution in [0.15, 0.2) is 52.0 Å². The molecule has 2 aromatic rings. The van der Waals surface area contributed by atoms with Crippen molar-refractivity contribution in [2.45, 2.75) is 37.0 Å². The third-order valence-corrected chi connectivity index (χ3v) is 6.12. The molecular formula is C17H21NO3S. The summed E-state index contributed by atoms with van der Waals surface area (Å²) in [5.41, 5.74) is 1.06. The molecule has 1 saturated heterocycles. The van der Waals surface area contributed by atoms with E-state index in [1.807, 2.05) is 31.2 Å². The van der Waals surface area contributed by atoms with Gasteiger partial charge in [0.15, 0.2) is 0 Å². The van der Waals surface area contributed by atoms with Crippen molar-refractivity contribution in [2.75, 3.05) is 13.1 Å². The van der Waals surface area contributed by atoms with Crippen LogP contribution in [0.25, 0.3) is 0 Å². The van der Waals surface area contributed by atoms with Crippen molar-refractivity contribution >= 4 is 10.0 Å². The van der Waals surface area contributed by atoms with Crippen molar-refractivity contribution in [1.82, 2.24) is 4.31 Å². The Morgan fingerprint density at radius 3 is 2.59 bits per heavy atom. The number of aryl methyl sites for hydroxylation is 1. The van der Waals surface area contributed by atoms with Gasteiger partial charge in [-0.2, -0.15) is 4.31 Å². The molecule has 0 spiro atoms. The summed E-state index contributed by atoms with van der Waals surface area (Å²) in [5.74, 6) is 1.02. The van der Waals surface area contributed by atoms with E-state index >= 15 is 0 Å². The van der Waals surface area contributed by atoms with Gasteiger partial charge in [-0.05, 0) is 44.0 Å². The number of rotatable bonds is 3. The standard InChI is InChI=1S/C17H21NO3S/c1-14-7-9-16(10-8-14)22(19,20)18-11-3-2-5-15(13-18)17-6-4-12-21-17/h4,6-10,12,15H,2-3,5,11,13H2,1H3. The first-order valence-electron chi connectivity index (χ1n) is 7.67. The van der Waals surface area contributed by atoms with Crippen molar-refractivity contribution < 1.29 is 12.8 Å².